The molecular weight excluding hydrogens is 336 g/mol. The van der Waals surface area contributed by atoms with Crippen LogP contribution >= 0.6 is 15.9 Å². The van der Waals surface area contributed by atoms with Crippen molar-refractivity contribution < 1.29 is 23.8 Å². The van der Waals surface area contributed by atoms with Crippen LogP contribution in [0.5, 0.6) is 0 Å². The van der Waals surface area contributed by atoms with Gasteiger partial charge in [0.25, 0.3) is 0 Å². The summed E-state index contributed by atoms with van der Waals surface area (Å²) in [5.74, 6) is -0.522. The molecule has 3 atom stereocenters. The number of aliphatic hydroxyl groups excluding tert-OH is 1. The minimum absolute atomic E-state index is 0.00610. The fraction of sp³-hybridized carbons (Fsp3) is 0.462. The van der Waals surface area contributed by atoms with Crippen molar-refractivity contribution in [2.45, 2.75) is 31.2 Å². The lowest BCUT2D eigenvalue weighted by atomic mass is 9.92. The van der Waals surface area contributed by atoms with Crippen molar-refractivity contribution >= 4 is 22.0 Å². The Bertz CT molecular complexity index is 514. The van der Waals surface area contributed by atoms with Gasteiger partial charge in [-0.25, -0.2) is 13.6 Å². The standard InChI is InChI=1S/C13H14BrF2NO3/c14-8-3-1-2-7(11(8)16)6-10-12(18)9(15)4-5-17(10)13(19)20/h1-3,9-10,12,18H,4-6H2,(H,19,20)/t9-,10-,12+/m1/s1. The summed E-state index contributed by atoms with van der Waals surface area (Å²) in [7, 11) is 0. The maximum absolute atomic E-state index is 13.9. The molecule has 20 heavy (non-hydrogen) atoms. The number of rotatable bonds is 2. The molecule has 0 radical (unpaired) electrons. The molecule has 0 saturated carbocycles. The third-order valence-electron chi connectivity index (χ3n) is 3.52. The number of halogens is 3. The second-order valence-corrected chi connectivity index (χ2v) is 5.61. The van der Waals surface area contributed by atoms with Crippen LogP contribution in [0.25, 0.3) is 0 Å². The molecular formula is C13H14BrF2NO3. The highest BCUT2D eigenvalue weighted by Gasteiger charge is 2.39. The summed E-state index contributed by atoms with van der Waals surface area (Å²) in [6.07, 6.45) is -4.30. The number of piperidine rings is 1. The fourth-order valence-corrected chi connectivity index (χ4v) is 2.83. The van der Waals surface area contributed by atoms with E-state index in [2.05, 4.69) is 15.9 Å². The van der Waals surface area contributed by atoms with Crippen LogP contribution in [0.3, 0.4) is 0 Å². The van der Waals surface area contributed by atoms with Crippen LogP contribution < -0.4 is 0 Å². The van der Waals surface area contributed by atoms with Gasteiger partial charge in [0.2, 0.25) is 0 Å². The Labute approximate surface area is 123 Å². The molecule has 4 nitrogen and oxygen atoms in total. The molecule has 110 valence electrons. The van der Waals surface area contributed by atoms with Crippen molar-refractivity contribution in [3.8, 4) is 0 Å². The van der Waals surface area contributed by atoms with Crippen molar-refractivity contribution in [3.05, 3.63) is 34.1 Å². The molecule has 1 aliphatic rings. The molecule has 1 aromatic carbocycles. The fourth-order valence-electron chi connectivity index (χ4n) is 2.42. The van der Waals surface area contributed by atoms with Gasteiger partial charge in [0.1, 0.15) is 18.1 Å². The van der Waals surface area contributed by atoms with Crippen LogP contribution in [0, 0.1) is 5.82 Å². The van der Waals surface area contributed by atoms with Crippen molar-refractivity contribution in [1.82, 2.24) is 4.90 Å². The zero-order chi connectivity index (χ0) is 14.9. The van der Waals surface area contributed by atoms with E-state index in [1.54, 1.807) is 6.07 Å². The number of amides is 1. The summed E-state index contributed by atoms with van der Waals surface area (Å²) in [5, 5.41) is 19.0. The first-order valence-corrected chi connectivity index (χ1v) is 6.95. The quantitative estimate of drug-likeness (QED) is 0.862. The van der Waals surface area contributed by atoms with E-state index in [1.165, 1.54) is 12.1 Å². The van der Waals surface area contributed by atoms with E-state index in [1.807, 2.05) is 0 Å². The first kappa shape index (κ1) is 15.2. The molecule has 1 heterocycles. The van der Waals surface area contributed by atoms with Gasteiger partial charge in [-0.05, 0) is 40.4 Å². The molecule has 0 aromatic heterocycles. The minimum Gasteiger partial charge on any atom is -0.465 e. The summed E-state index contributed by atoms with van der Waals surface area (Å²) >= 11 is 3.04. The van der Waals surface area contributed by atoms with Crippen LogP contribution in [-0.2, 0) is 6.42 Å². The van der Waals surface area contributed by atoms with Gasteiger partial charge in [0, 0.05) is 6.54 Å². The lowest BCUT2D eigenvalue weighted by Gasteiger charge is -2.39. The van der Waals surface area contributed by atoms with Gasteiger partial charge in [0.05, 0.1) is 10.5 Å². The third-order valence-corrected chi connectivity index (χ3v) is 4.13. The third kappa shape index (κ3) is 2.93. The van der Waals surface area contributed by atoms with E-state index in [0.29, 0.717) is 0 Å². The van der Waals surface area contributed by atoms with E-state index in [0.717, 1.165) is 4.90 Å². The van der Waals surface area contributed by atoms with Gasteiger partial charge >= 0.3 is 6.09 Å². The van der Waals surface area contributed by atoms with E-state index in [4.69, 9.17) is 5.11 Å². The van der Waals surface area contributed by atoms with Gasteiger partial charge in [-0.3, -0.25) is 0 Å². The lowest BCUT2D eigenvalue weighted by Crippen LogP contribution is -2.56. The summed E-state index contributed by atoms with van der Waals surface area (Å²) in [6.45, 7) is -0.00610. The lowest BCUT2D eigenvalue weighted by molar-refractivity contribution is -0.0344. The summed E-state index contributed by atoms with van der Waals surface area (Å²) in [5.41, 5.74) is 0.240. The molecule has 0 bridgehead atoms. The second kappa shape index (κ2) is 6.05. The molecule has 0 aliphatic carbocycles. The van der Waals surface area contributed by atoms with Gasteiger partial charge in [0.15, 0.2) is 0 Å². The largest absolute Gasteiger partial charge is 0.465 e. The number of likely N-dealkylation sites (tertiary alicyclic amines) is 1. The van der Waals surface area contributed by atoms with Crippen LogP contribution in [0.1, 0.15) is 12.0 Å². The Morgan fingerprint density at radius 2 is 2.20 bits per heavy atom. The zero-order valence-corrected chi connectivity index (χ0v) is 12.1. The highest BCUT2D eigenvalue weighted by atomic mass is 79.9. The normalized spacial score (nSPS) is 26.6. The predicted molar refractivity (Wildman–Crippen MR) is 71.8 cm³/mol. The Morgan fingerprint density at radius 3 is 2.85 bits per heavy atom. The number of aliphatic hydroxyl groups is 1. The molecule has 1 fully saturated rings. The molecule has 1 aromatic rings. The number of nitrogens with zero attached hydrogens (tertiary/aromatic N) is 1. The maximum Gasteiger partial charge on any atom is 0.407 e. The highest BCUT2D eigenvalue weighted by molar-refractivity contribution is 9.10. The van der Waals surface area contributed by atoms with Crippen LogP contribution in [0.15, 0.2) is 22.7 Å². The highest BCUT2D eigenvalue weighted by Crippen LogP contribution is 2.26. The maximum atomic E-state index is 13.9. The van der Waals surface area contributed by atoms with Crippen molar-refractivity contribution in [3.63, 3.8) is 0 Å². The monoisotopic (exact) mass is 349 g/mol. The molecule has 7 heteroatoms. The topological polar surface area (TPSA) is 60.8 Å². The average molecular weight is 350 g/mol. The summed E-state index contributed by atoms with van der Waals surface area (Å²) in [4.78, 5) is 12.1. The molecule has 0 unspecified atom stereocenters. The SMILES string of the molecule is O=C(O)N1CC[C@@H](F)[C@H](O)[C@H]1Cc1cccc(Br)c1F. The molecule has 1 amide bonds. The summed E-state index contributed by atoms with van der Waals surface area (Å²) < 4.78 is 27.7. The smallest absolute Gasteiger partial charge is 0.407 e. The number of hydrogen-bond acceptors (Lipinski definition) is 2. The van der Waals surface area contributed by atoms with E-state index >= 15 is 0 Å². The van der Waals surface area contributed by atoms with Gasteiger partial charge in [-0.2, -0.15) is 0 Å². The Kier molecular flexibility index (Phi) is 4.59. The number of carboxylic acid groups (broad SMARTS) is 1. The van der Waals surface area contributed by atoms with Crippen LogP contribution in [0.2, 0.25) is 0 Å². The first-order chi connectivity index (χ1) is 9.41. The molecule has 1 aliphatic heterocycles. The molecule has 1 saturated heterocycles. The molecule has 2 rings (SSSR count). The number of alkyl halides is 1. The first-order valence-electron chi connectivity index (χ1n) is 6.16. The van der Waals surface area contributed by atoms with Crippen molar-refractivity contribution in [2.75, 3.05) is 6.54 Å². The summed E-state index contributed by atoms with van der Waals surface area (Å²) in [6, 6.07) is 3.63. The molecule has 0 spiro atoms. The van der Waals surface area contributed by atoms with E-state index in [-0.39, 0.29) is 29.4 Å². The van der Waals surface area contributed by atoms with Gasteiger partial charge in [-0.1, -0.05) is 12.1 Å². The Hall–Kier alpha value is -1.21. The van der Waals surface area contributed by atoms with E-state index < -0.39 is 30.2 Å². The second-order valence-electron chi connectivity index (χ2n) is 4.76. The average Bonchev–Trinajstić information content (AvgIpc) is 2.40. The van der Waals surface area contributed by atoms with Gasteiger partial charge in [-0.15, -0.1) is 0 Å². The Morgan fingerprint density at radius 1 is 1.50 bits per heavy atom. The van der Waals surface area contributed by atoms with Crippen LogP contribution in [0.4, 0.5) is 13.6 Å². The van der Waals surface area contributed by atoms with E-state index in [9.17, 15) is 18.7 Å². The van der Waals surface area contributed by atoms with Gasteiger partial charge < -0.3 is 15.1 Å². The number of benzene rings is 1. The zero-order valence-electron chi connectivity index (χ0n) is 10.5. The number of hydrogen-bond donors (Lipinski definition) is 2. The van der Waals surface area contributed by atoms with Crippen molar-refractivity contribution in [1.29, 1.82) is 0 Å². The van der Waals surface area contributed by atoms with Crippen LogP contribution in [-0.4, -0.2) is 46.1 Å². The Balaban J connectivity index is 2.27. The van der Waals surface area contributed by atoms with Crippen molar-refractivity contribution in [2.24, 2.45) is 0 Å². The number of carbonyl (C=O) groups is 1. The predicted octanol–water partition coefficient (Wildman–Crippen LogP) is 2.58. The minimum atomic E-state index is -1.49. The molecule has 2 N–H and O–H groups in total.